The fraction of sp³-hybridized carbons (Fsp3) is 0.125. The number of thiophene rings is 1. The molecule has 4 nitrogen and oxygen atoms in total. The molecule has 15 heavy (non-hydrogen) atoms. The van der Waals surface area contributed by atoms with Gasteiger partial charge in [0.15, 0.2) is 0 Å². The molecule has 1 aromatic heterocycles. The largest absolute Gasteiger partial charge is 0.182 e. The summed E-state index contributed by atoms with van der Waals surface area (Å²) in [6, 6.07) is 1.86. The van der Waals surface area contributed by atoms with Crippen LogP contribution in [0.1, 0.15) is 17.4 Å². The summed E-state index contributed by atoms with van der Waals surface area (Å²) in [5.74, 6) is 0. The molecule has 1 atom stereocenters. The summed E-state index contributed by atoms with van der Waals surface area (Å²) < 4.78 is 35.8. The Morgan fingerprint density at radius 3 is 2.80 bits per heavy atom. The van der Waals surface area contributed by atoms with Crippen LogP contribution in [0.4, 0.5) is 0 Å². The van der Waals surface area contributed by atoms with Crippen LogP contribution in [0.5, 0.6) is 0 Å². The molecule has 0 saturated heterocycles. The fourth-order valence-electron chi connectivity index (χ4n) is 1.15. The van der Waals surface area contributed by atoms with E-state index < -0.39 is 21.0 Å². The van der Waals surface area contributed by atoms with Gasteiger partial charge in [0.05, 0.1) is 10.2 Å². The molecule has 1 aliphatic heterocycles. The van der Waals surface area contributed by atoms with E-state index in [0.717, 1.165) is 15.3 Å². The van der Waals surface area contributed by atoms with Crippen molar-refractivity contribution in [2.75, 3.05) is 0 Å². The lowest BCUT2D eigenvalue weighted by Crippen LogP contribution is -2.60. The van der Waals surface area contributed by atoms with Crippen molar-refractivity contribution in [2.24, 2.45) is 0 Å². The van der Waals surface area contributed by atoms with E-state index in [1.807, 2.05) is 17.5 Å². The third kappa shape index (κ3) is 2.67. The molecule has 2 rings (SSSR count). The molecule has 1 unspecified atom stereocenters. The third-order valence-corrected chi connectivity index (χ3v) is 5.02. The van der Waals surface area contributed by atoms with Crippen molar-refractivity contribution in [1.29, 1.82) is 0 Å². The summed E-state index contributed by atoms with van der Waals surface area (Å²) in [4.78, 5) is 1.79. The summed E-state index contributed by atoms with van der Waals surface area (Å²) in [6.07, 6.45) is 1.84. The van der Waals surface area contributed by atoms with Gasteiger partial charge in [-0.3, -0.25) is 0 Å². The van der Waals surface area contributed by atoms with E-state index in [1.54, 1.807) is 23.6 Å². The molecular formula is C8H7ClO4S2. The average Bonchev–Trinajstić information content (AvgIpc) is 2.49. The molecule has 0 amide bonds. The molecule has 1 aromatic rings. The number of rotatable bonds is 2. The highest BCUT2D eigenvalue weighted by Gasteiger charge is 2.25. The molecule has 0 spiro atoms. The average molecular weight is 267 g/mol. The van der Waals surface area contributed by atoms with Crippen molar-refractivity contribution in [3.8, 4) is 0 Å². The first-order valence-electron chi connectivity index (χ1n) is 3.90. The predicted molar refractivity (Wildman–Crippen MR) is 51.8 cm³/mol. The first-order chi connectivity index (χ1) is 6.96. The Labute approximate surface area is 95.3 Å². The number of halogens is 1. The number of fused-ring (bicyclic) bond motifs is 1. The van der Waals surface area contributed by atoms with E-state index in [2.05, 4.69) is 3.74 Å². The Morgan fingerprint density at radius 1 is 1.40 bits per heavy atom. The Kier molecular flexibility index (Phi) is 3.00. The van der Waals surface area contributed by atoms with Gasteiger partial charge in [0.2, 0.25) is 0 Å². The summed E-state index contributed by atoms with van der Waals surface area (Å²) >= 11 is 1.56. The molecule has 0 aliphatic carbocycles. The maximum absolute atomic E-state index is 10.5. The second kappa shape index (κ2) is 3.99. The molecule has 0 radical (unpaired) electrons. The zero-order chi connectivity index (χ0) is 11.1. The summed E-state index contributed by atoms with van der Waals surface area (Å²) in [7, 11) is -5.44. The Hall–Kier alpha value is -0.210. The predicted octanol–water partition coefficient (Wildman–Crippen LogP) is -0.629. The summed E-state index contributed by atoms with van der Waals surface area (Å²) in [6.45, 7) is 1.74. The molecule has 0 aromatic carbocycles. The summed E-state index contributed by atoms with van der Waals surface area (Å²) in [5, 5.41) is 3.56. The van der Waals surface area contributed by atoms with Gasteiger partial charge in [0, 0.05) is 20.7 Å². The summed E-state index contributed by atoms with van der Waals surface area (Å²) in [5.41, 5.74) is 0.910. The Bertz CT molecular complexity index is 444. The number of hydrogen-bond acceptors (Lipinski definition) is 5. The van der Waals surface area contributed by atoms with Crippen molar-refractivity contribution < 1.29 is 28.0 Å². The van der Waals surface area contributed by atoms with Crippen LogP contribution in [0, 0.1) is 10.2 Å². The normalized spacial score (nSPS) is 20.5. The molecule has 2 heterocycles. The highest BCUT2D eigenvalue weighted by molar-refractivity contribution is 8.14. The van der Waals surface area contributed by atoms with Crippen molar-refractivity contribution in [2.45, 2.75) is 6.92 Å². The van der Waals surface area contributed by atoms with Gasteiger partial charge in [-0.25, -0.2) is 0 Å². The smallest absolute Gasteiger partial charge is 0.140 e. The molecule has 0 fully saturated rings. The van der Waals surface area contributed by atoms with Gasteiger partial charge < -0.3 is 0 Å². The van der Waals surface area contributed by atoms with E-state index in [9.17, 15) is 14.0 Å². The molecule has 0 bridgehead atoms. The van der Waals surface area contributed by atoms with E-state index in [1.165, 1.54) is 0 Å². The molecule has 7 heteroatoms. The molecule has 0 saturated carbocycles. The molecule has 82 valence electrons. The Morgan fingerprint density at radius 2 is 2.13 bits per heavy atom. The molecule has 0 N–H and O–H groups in total. The zero-order valence-electron chi connectivity index (χ0n) is 7.64. The Balaban J connectivity index is 2.33. The van der Waals surface area contributed by atoms with Crippen molar-refractivity contribution >= 4 is 33.5 Å². The second-order valence-corrected chi connectivity index (χ2v) is 6.53. The van der Waals surface area contributed by atoms with Crippen LogP contribution < -0.4 is 14.0 Å². The van der Waals surface area contributed by atoms with Gasteiger partial charge in [-0.05, 0) is 24.4 Å². The van der Waals surface area contributed by atoms with Crippen LogP contribution in [0.2, 0.25) is 0 Å². The number of hydrogen-bond donors (Lipinski definition) is 0. The first-order valence-corrected chi connectivity index (χ1v) is 7.23. The molecule has 1 aliphatic rings. The van der Waals surface area contributed by atoms with Gasteiger partial charge in [-0.15, -0.1) is 11.3 Å². The van der Waals surface area contributed by atoms with Crippen LogP contribution >= 0.6 is 22.1 Å². The minimum Gasteiger partial charge on any atom is -0.182 e. The van der Waals surface area contributed by atoms with Crippen LogP contribution in [0.3, 0.4) is 0 Å². The standard InChI is InChI=1S/C8H7ClO4S2/c1-6-4-8-7(2-3-14-8)5-15(6)13-9(10,11)12/h2-5H,1H3. The van der Waals surface area contributed by atoms with Gasteiger partial charge >= 0.3 is 0 Å². The van der Waals surface area contributed by atoms with Crippen molar-refractivity contribution in [3.63, 3.8) is 0 Å². The van der Waals surface area contributed by atoms with Crippen molar-refractivity contribution in [3.05, 3.63) is 26.8 Å². The molecular weight excluding hydrogens is 260 g/mol. The third-order valence-electron chi connectivity index (χ3n) is 1.76. The van der Waals surface area contributed by atoms with Gasteiger partial charge in [0.1, 0.15) is 14.5 Å². The lowest BCUT2D eigenvalue weighted by Gasteiger charge is -2.15. The van der Waals surface area contributed by atoms with E-state index in [0.29, 0.717) is 0 Å². The van der Waals surface area contributed by atoms with Crippen LogP contribution in [-0.4, -0.2) is 5.37 Å². The van der Waals surface area contributed by atoms with Crippen LogP contribution in [0.25, 0.3) is 6.08 Å². The van der Waals surface area contributed by atoms with E-state index in [-0.39, 0.29) is 0 Å². The van der Waals surface area contributed by atoms with E-state index >= 15 is 0 Å². The highest BCUT2D eigenvalue weighted by Crippen LogP contribution is 2.36. The maximum atomic E-state index is 10.5. The topological polar surface area (TPSA) is 78.4 Å². The minimum atomic E-state index is -4.38. The highest BCUT2D eigenvalue weighted by atomic mass is 35.7. The van der Waals surface area contributed by atoms with Crippen LogP contribution in [0.15, 0.2) is 16.4 Å². The first kappa shape index (κ1) is 11.3. The van der Waals surface area contributed by atoms with Gasteiger partial charge in [-0.2, -0.15) is 14.0 Å². The SMILES string of the molecule is CC1=Cc2sccc2C=S1O[Cl+3]([O-])([O-])[O-]. The van der Waals surface area contributed by atoms with Crippen molar-refractivity contribution in [1.82, 2.24) is 0 Å². The fourth-order valence-corrected chi connectivity index (χ4v) is 4.23. The van der Waals surface area contributed by atoms with E-state index in [4.69, 9.17) is 0 Å². The van der Waals surface area contributed by atoms with Gasteiger partial charge in [0.25, 0.3) is 0 Å². The van der Waals surface area contributed by atoms with Gasteiger partial charge in [-0.1, -0.05) is 0 Å². The second-order valence-electron chi connectivity index (χ2n) is 2.85. The minimum absolute atomic E-state index is 0.733. The maximum Gasteiger partial charge on any atom is 0.140 e. The lowest BCUT2D eigenvalue weighted by molar-refractivity contribution is -1.91. The monoisotopic (exact) mass is 266 g/mol. The zero-order valence-corrected chi connectivity index (χ0v) is 10.0. The number of allylic oxidation sites excluding steroid dienone is 1. The van der Waals surface area contributed by atoms with Crippen LogP contribution in [-0.2, 0) is 3.74 Å². The quantitative estimate of drug-likeness (QED) is 0.668. The lowest BCUT2D eigenvalue weighted by atomic mass is 10.3.